The first-order valence-corrected chi connectivity index (χ1v) is 11.4. The van der Waals surface area contributed by atoms with E-state index in [-0.39, 0.29) is 26.8 Å². The van der Waals surface area contributed by atoms with E-state index in [1.54, 1.807) is 24.0 Å². The number of pyridine rings is 2. The van der Waals surface area contributed by atoms with Gasteiger partial charge in [-0.15, -0.1) is 29.8 Å². The van der Waals surface area contributed by atoms with E-state index in [1.165, 1.54) is 0 Å². The second-order valence-corrected chi connectivity index (χ2v) is 8.67. The van der Waals surface area contributed by atoms with Crippen molar-refractivity contribution in [1.29, 1.82) is 0 Å². The molecule has 4 nitrogen and oxygen atoms in total. The number of para-hydroxylation sites is 3. The van der Waals surface area contributed by atoms with Crippen LogP contribution < -0.4 is 0 Å². The molecule has 6 heteroatoms. The van der Waals surface area contributed by atoms with E-state index in [1.807, 2.05) is 77.4 Å². The van der Waals surface area contributed by atoms with Gasteiger partial charge in [0, 0.05) is 38.0 Å². The Labute approximate surface area is 215 Å². The number of phenols is 1. The van der Waals surface area contributed by atoms with Gasteiger partial charge in [-0.2, -0.15) is 0 Å². The van der Waals surface area contributed by atoms with Crippen molar-refractivity contribution in [2.45, 2.75) is 9.92 Å². The Balaban J connectivity index is 0.00000241. The second-order valence-electron chi connectivity index (χ2n) is 7.61. The molecule has 0 radical (unpaired) electrons. The van der Waals surface area contributed by atoms with Crippen molar-refractivity contribution >= 4 is 33.7 Å². The zero-order chi connectivity index (χ0) is 22.2. The van der Waals surface area contributed by atoms with Crippen LogP contribution in [0.2, 0.25) is 0 Å². The third-order valence-corrected chi connectivity index (χ3v) is 6.45. The number of phenolic OH excluding ortho intramolecular Hbond substituents is 1. The maximum Gasteiger partial charge on any atom is 0.139 e. The van der Waals surface area contributed by atoms with Gasteiger partial charge in [0.15, 0.2) is 0 Å². The Kier molecular flexibility index (Phi) is 6.23. The fraction of sp³-hybridized carbons (Fsp3) is 0. The molecule has 3 aromatic carbocycles. The number of fused-ring (bicyclic) bond motifs is 3. The molecule has 0 aliphatic heterocycles. The summed E-state index contributed by atoms with van der Waals surface area (Å²) >= 11 is 1.57. The Hall–Kier alpha value is -3.40. The average molecular weight is 640 g/mol. The Bertz CT molecular complexity index is 1620. The summed E-state index contributed by atoms with van der Waals surface area (Å²) in [5.74, 6) is 0.215. The fourth-order valence-corrected chi connectivity index (χ4v) is 4.86. The summed E-state index contributed by atoms with van der Waals surface area (Å²) in [5, 5.41) is 13.7. The van der Waals surface area contributed by atoms with Crippen LogP contribution in [0.4, 0.5) is 0 Å². The zero-order valence-corrected chi connectivity index (χ0v) is 20.9. The van der Waals surface area contributed by atoms with Gasteiger partial charge in [-0.3, -0.25) is 9.55 Å². The van der Waals surface area contributed by atoms with Gasteiger partial charge >= 0.3 is 0 Å². The first-order valence-electron chi connectivity index (χ1n) is 10.6. The Morgan fingerprint density at radius 3 is 2.44 bits per heavy atom. The zero-order valence-electron chi connectivity index (χ0n) is 17.8. The van der Waals surface area contributed by atoms with Crippen LogP contribution in [-0.4, -0.2) is 19.6 Å². The topological polar surface area (TPSA) is 50.9 Å². The maximum absolute atomic E-state index is 10.6. The molecule has 1 N–H and O–H groups in total. The largest absolute Gasteiger partial charge is 0.506 e. The minimum absolute atomic E-state index is 0. The van der Waals surface area contributed by atoms with E-state index in [4.69, 9.17) is 4.98 Å². The average Bonchev–Trinajstić information content (AvgIpc) is 3.19. The molecule has 6 rings (SSSR count). The first kappa shape index (κ1) is 22.4. The van der Waals surface area contributed by atoms with Crippen LogP contribution in [0.15, 0.2) is 113 Å². The molecule has 34 heavy (non-hydrogen) atoms. The summed E-state index contributed by atoms with van der Waals surface area (Å²) in [6.07, 6.45) is 1.79. The van der Waals surface area contributed by atoms with Crippen LogP contribution >= 0.6 is 11.8 Å². The Morgan fingerprint density at radius 2 is 1.59 bits per heavy atom. The molecule has 0 saturated heterocycles. The molecule has 6 aromatic rings. The van der Waals surface area contributed by atoms with Crippen LogP contribution in [0.5, 0.6) is 5.75 Å². The minimum Gasteiger partial charge on any atom is -0.506 e. The maximum atomic E-state index is 10.6. The molecular weight excluding hydrogens is 621 g/mol. The molecule has 168 valence electrons. The van der Waals surface area contributed by atoms with Crippen LogP contribution in [0.25, 0.3) is 38.9 Å². The van der Waals surface area contributed by atoms with Gasteiger partial charge in [0.05, 0.1) is 16.2 Å². The summed E-state index contributed by atoms with van der Waals surface area (Å²) in [7, 11) is 0. The normalized spacial score (nSPS) is 10.9. The number of hydrogen-bond donors (Lipinski definition) is 1. The van der Waals surface area contributed by atoms with Gasteiger partial charge in [-0.25, -0.2) is 4.98 Å². The van der Waals surface area contributed by atoms with Crippen molar-refractivity contribution in [2.24, 2.45) is 0 Å². The third-order valence-electron chi connectivity index (χ3n) is 5.54. The van der Waals surface area contributed by atoms with Crippen molar-refractivity contribution in [3.8, 4) is 22.7 Å². The molecule has 0 saturated carbocycles. The standard InChI is InChI=1S/C28H18N3OS.Pt/c32-26-13-4-3-12-25(26)31-24-11-2-1-10-21(24)22-15-16-23(30-28(22)31)19-8-7-9-20(18-19)33-27-14-5-6-17-29-27;/h1-17,32H;/q-1;. The SMILES string of the molecule is Oc1ccccc1-n1c2ccccc2c2ccc(-c3[c-]c(Sc4ccccn4)ccc3)nc21.[Pt]. The Morgan fingerprint density at radius 1 is 0.765 bits per heavy atom. The van der Waals surface area contributed by atoms with Gasteiger partial charge in [0.2, 0.25) is 0 Å². The van der Waals surface area contributed by atoms with E-state index in [0.717, 1.165) is 43.1 Å². The van der Waals surface area contributed by atoms with E-state index in [0.29, 0.717) is 5.69 Å². The fourth-order valence-electron chi connectivity index (χ4n) is 4.06. The second kappa shape index (κ2) is 9.46. The van der Waals surface area contributed by atoms with Crippen LogP contribution in [0.1, 0.15) is 0 Å². The summed E-state index contributed by atoms with van der Waals surface area (Å²) in [5.41, 5.74) is 4.24. The molecule has 0 unspecified atom stereocenters. The molecule has 3 heterocycles. The first-order chi connectivity index (χ1) is 16.3. The molecule has 0 atom stereocenters. The van der Waals surface area contributed by atoms with E-state index < -0.39 is 0 Å². The van der Waals surface area contributed by atoms with Crippen LogP contribution in [-0.2, 0) is 21.1 Å². The minimum atomic E-state index is 0. The molecule has 0 fully saturated rings. The third kappa shape index (κ3) is 4.02. The van der Waals surface area contributed by atoms with Crippen molar-refractivity contribution in [1.82, 2.24) is 14.5 Å². The molecular formula is C28H18N3OPtS-. The van der Waals surface area contributed by atoms with Crippen molar-refractivity contribution in [2.75, 3.05) is 0 Å². The van der Waals surface area contributed by atoms with Gasteiger partial charge in [-0.1, -0.05) is 65.2 Å². The van der Waals surface area contributed by atoms with Crippen molar-refractivity contribution < 1.29 is 26.2 Å². The predicted molar refractivity (Wildman–Crippen MR) is 133 cm³/mol. The van der Waals surface area contributed by atoms with E-state index in [9.17, 15) is 5.11 Å². The number of aromatic hydroxyl groups is 1. The van der Waals surface area contributed by atoms with E-state index >= 15 is 0 Å². The molecule has 0 aliphatic rings. The number of hydrogen-bond acceptors (Lipinski definition) is 4. The smallest absolute Gasteiger partial charge is 0.139 e. The molecule has 0 amide bonds. The predicted octanol–water partition coefficient (Wildman–Crippen LogP) is 6.90. The number of benzene rings is 3. The van der Waals surface area contributed by atoms with Crippen LogP contribution in [0, 0.1) is 6.07 Å². The summed E-state index contributed by atoms with van der Waals surface area (Å²) < 4.78 is 2.02. The summed E-state index contributed by atoms with van der Waals surface area (Å²) in [6.45, 7) is 0. The van der Waals surface area contributed by atoms with Crippen molar-refractivity contribution in [3.05, 3.63) is 109 Å². The summed E-state index contributed by atoms with van der Waals surface area (Å²) in [4.78, 5) is 10.4. The monoisotopic (exact) mass is 639 g/mol. The van der Waals surface area contributed by atoms with E-state index in [2.05, 4.69) is 29.2 Å². The van der Waals surface area contributed by atoms with Crippen molar-refractivity contribution in [3.63, 3.8) is 0 Å². The number of aromatic nitrogens is 3. The van der Waals surface area contributed by atoms with Gasteiger partial charge in [0.25, 0.3) is 0 Å². The van der Waals surface area contributed by atoms with Gasteiger partial charge in [0.1, 0.15) is 11.4 Å². The number of rotatable bonds is 4. The molecule has 0 spiro atoms. The molecule has 3 aromatic heterocycles. The van der Waals surface area contributed by atoms with Gasteiger partial charge in [-0.05, 0) is 36.0 Å². The summed E-state index contributed by atoms with van der Waals surface area (Å²) in [6, 6.07) is 35.1. The van der Waals surface area contributed by atoms with Gasteiger partial charge < -0.3 is 5.11 Å². The van der Waals surface area contributed by atoms with Crippen LogP contribution in [0.3, 0.4) is 0 Å². The molecule has 0 bridgehead atoms. The molecule has 0 aliphatic carbocycles. The number of nitrogens with zero attached hydrogens (tertiary/aromatic N) is 3. The quantitative estimate of drug-likeness (QED) is 0.214.